The van der Waals surface area contributed by atoms with Gasteiger partial charge >= 0.3 is 5.97 Å². The summed E-state index contributed by atoms with van der Waals surface area (Å²) in [6.07, 6.45) is 1.69. The Kier molecular flexibility index (Phi) is 5.96. The van der Waals surface area contributed by atoms with Gasteiger partial charge in [0, 0.05) is 17.4 Å². The van der Waals surface area contributed by atoms with Crippen molar-refractivity contribution < 1.29 is 14.3 Å². The third-order valence-electron chi connectivity index (χ3n) is 4.57. The fourth-order valence-corrected chi connectivity index (χ4v) is 3.00. The fraction of sp³-hybridized carbons (Fsp3) is 0.364. The van der Waals surface area contributed by atoms with Gasteiger partial charge in [0.05, 0.1) is 29.3 Å². The van der Waals surface area contributed by atoms with Gasteiger partial charge in [-0.2, -0.15) is 5.10 Å². The summed E-state index contributed by atoms with van der Waals surface area (Å²) in [5.41, 5.74) is 3.10. The van der Waals surface area contributed by atoms with Crippen molar-refractivity contribution in [1.82, 2.24) is 14.8 Å². The maximum Gasteiger partial charge on any atom is 0.338 e. The van der Waals surface area contributed by atoms with Gasteiger partial charge in [-0.25, -0.2) is 14.5 Å². The second-order valence-corrected chi connectivity index (χ2v) is 7.42. The minimum absolute atomic E-state index is 0.133. The Bertz CT molecular complexity index is 1040. The van der Waals surface area contributed by atoms with Crippen molar-refractivity contribution in [2.75, 3.05) is 11.9 Å². The van der Waals surface area contributed by atoms with Gasteiger partial charge in [-0.15, -0.1) is 0 Å². The van der Waals surface area contributed by atoms with E-state index in [1.54, 1.807) is 37.4 Å². The second kappa shape index (κ2) is 8.43. The van der Waals surface area contributed by atoms with Crippen molar-refractivity contribution >= 4 is 28.6 Å². The lowest BCUT2D eigenvalue weighted by Crippen LogP contribution is -2.14. The van der Waals surface area contributed by atoms with Crippen molar-refractivity contribution in [3.05, 3.63) is 53.3 Å². The third-order valence-corrected chi connectivity index (χ3v) is 4.57. The lowest BCUT2D eigenvalue weighted by Gasteiger charge is -2.12. The molecule has 3 rings (SSSR count). The van der Waals surface area contributed by atoms with E-state index >= 15 is 0 Å². The number of hydrogen-bond donors (Lipinski definition) is 1. The van der Waals surface area contributed by atoms with E-state index in [-0.39, 0.29) is 23.8 Å². The molecule has 0 saturated carbocycles. The number of hydrogen-bond acceptors (Lipinski definition) is 5. The lowest BCUT2D eigenvalue weighted by atomic mass is 10.0. The second-order valence-electron chi connectivity index (χ2n) is 7.42. The van der Waals surface area contributed by atoms with Crippen molar-refractivity contribution in [1.29, 1.82) is 0 Å². The number of rotatable bonds is 6. The van der Waals surface area contributed by atoms with Crippen LogP contribution in [0.4, 0.5) is 5.69 Å². The summed E-state index contributed by atoms with van der Waals surface area (Å²) in [5, 5.41) is 8.03. The molecule has 0 unspecified atom stereocenters. The third kappa shape index (κ3) is 4.29. The zero-order valence-electron chi connectivity index (χ0n) is 17.4. The summed E-state index contributed by atoms with van der Waals surface area (Å²) < 4.78 is 6.81. The van der Waals surface area contributed by atoms with Gasteiger partial charge in [-0.05, 0) is 57.0 Å². The summed E-state index contributed by atoms with van der Waals surface area (Å²) in [4.78, 5) is 29.5. The summed E-state index contributed by atoms with van der Waals surface area (Å²) >= 11 is 0. The molecule has 1 N–H and O–H groups in total. The molecule has 0 aliphatic heterocycles. The van der Waals surface area contributed by atoms with Crippen LogP contribution in [-0.2, 0) is 4.74 Å². The van der Waals surface area contributed by atoms with Crippen LogP contribution in [0.1, 0.15) is 73.0 Å². The molecule has 2 aromatic heterocycles. The number of nitrogens with one attached hydrogen (secondary N) is 1. The van der Waals surface area contributed by atoms with E-state index < -0.39 is 0 Å². The standard InChI is InChI=1S/C22H26N4O3/c1-6-29-22(28)15-7-9-16(10-8-15)24-21(27)17-11-19(13(2)3)25-20-18(17)12-23-26(20)14(4)5/h7-14H,6H2,1-5H3,(H,24,27). The molecule has 3 aromatic rings. The minimum Gasteiger partial charge on any atom is -0.462 e. The van der Waals surface area contributed by atoms with E-state index in [0.29, 0.717) is 34.5 Å². The summed E-state index contributed by atoms with van der Waals surface area (Å²) in [6.45, 7) is 10.2. The molecule has 29 heavy (non-hydrogen) atoms. The predicted molar refractivity (Wildman–Crippen MR) is 112 cm³/mol. The van der Waals surface area contributed by atoms with E-state index in [1.165, 1.54) is 0 Å². The molecule has 152 valence electrons. The van der Waals surface area contributed by atoms with Gasteiger partial charge in [0.2, 0.25) is 0 Å². The minimum atomic E-state index is -0.385. The number of nitrogens with zero attached hydrogens (tertiary/aromatic N) is 3. The first-order chi connectivity index (χ1) is 13.8. The van der Waals surface area contributed by atoms with Crippen molar-refractivity contribution in [2.45, 2.75) is 46.6 Å². The average Bonchev–Trinajstić information content (AvgIpc) is 3.12. The molecule has 0 saturated heterocycles. The van der Waals surface area contributed by atoms with E-state index in [4.69, 9.17) is 9.72 Å². The van der Waals surface area contributed by atoms with E-state index in [9.17, 15) is 9.59 Å². The number of pyridine rings is 1. The number of ether oxygens (including phenoxy) is 1. The number of anilines is 1. The quantitative estimate of drug-likeness (QED) is 0.619. The summed E-state index contributed by atoms with van der Waals surface area (Å²) in [5.74, 6) is -0.458. The zero-order chi connectivity index (χ0) is 21.1. The van der Waals surface area contributed by atoms with E-state index in [2.05, 4.69) is 10.4 Å². The van der Waals surface area contributed by atoms with E-state index in [0.717, 1.165) is 5.69 Å². The SMILES string of the molecule is CCOC(=O)c1ccc(NC(=O)c2cc(C(C)C)nc3c2cnn3C(C)C)cc1. The number of aromatic nitrogens is 3. The van der Waals surface area contributed by atoms with Crippen LogP contribution in [0, 0.1) is 0 Å². The first kappa shape index (κ1) is 20.5. The van der Waals surface area contributed by atoms with Crippen LogP contribution in [0.3, 0.4) is 0 Å². The van der Waals surface area contributed by atoms with E-state index in [1.807, 2.05) is 38.4 Å². The molecule has 0 bridgehead atoms. The highest BCUT2D eigenvalue weighted by Gasteiger charge is 2.19. The number of carbonyl (C=O) groups excluding carboxylic acids is 2. The molecule has 0 spiro atoms. The number of benzene rings is 1. The van der Waals surface area contributed by atoms with Gasteiger partial charge in [-0.1, -0.05) is 13.8 Å². The van der Waals surface area contributed by atoms with Crippen LogP contribution in [0.2, 0.25) is 0 Å². The maximum absolute atomic E-state index is 13.0. The monoisotopic (exact) mass is 394 g/mol. The van der Waals surface area contributed by atoms with Crippen LogP contribution in [0.25, 0.3) is 11.0 Å². The maximum atomic E-state index is 13.0. The van der Waals surface area contributed by atoms with Gasteiger partial charge in [0.1, 0.15) is 0 Å². The zero-order valence-corrected chi connectivity index (χ0v) is 17.4. The molecule has 1 amide bonds. The Balaban J connectivity index is 1.93. The molecule has 0 aliphatic carbocycles. The predicted octanol–water partition coefficient (Wildman–Crippen LogP) is 4.56. The van der Waals surface area contributed by atoms with Crippen molar-refractivity contribution in [3.8, 4) is 0 Å². The highest BCUT2D eigenvalue weighted by atomic mass is 16.5. The Morgan fingerprint density at radius 1 is 1.14 bits per heavy atom. The highest BCUT2D eigenvalue weighted by molar-refractivity contribution is 6.12. The lowest BCUT2D eigenvalue weighted by molar-refractivity contribution is 0.0526. The van der Waals surface area contributed by atoms with Gasteiger partial charge in [0.15, 0.2) is 5.65 Å². The van der Waals surface area contributed by atoms with Crippen LogP contribution in [-0.4, -0.2) is 33.2 Å². The normalized spacial score (nSPS) is 11.3. The van der Waals surface area contributed by atoms with Crippen LogP contribution >= 0.6 is 0 Å². The Hall–Kier alpha value is -3.22. The molecule has 7 nitrogen and oxygen atoms in total. The number of amides is 1. The van der Waals surface area contributed by atoms with Gasteiger partial charge < -0.3 is 10.1 Å². The molecule has 0 fully saturated rings. The highest BCUT2D eigenvalue weighted by Crippen LogP contribution is 2.25. The molecule has 0 atom stereocenters. The molecular weight excluding hydrogens is 368 g/mol. The number of carbonyl (C=O) groups is 2. The van der Waals surface area contributed by atoms with Crippen LogP contribution in [0.5, 0.6) is 0 Å². The Morgan fingerprint density at radius 2 is 1.83 bits per heavy atom. The molecule has 0 aliphatic rings. The van der Waals surface area contributed by atoms with Crippen molar-refractivity contribution in [3.63, 3.8) is 0 Å². The van der Waals surface area contributed by atoms with Crippen LogP contribution < -0.4 is 5.32 Å². The topological polar surface area (TPSA) is 86.1 Å². The molecule has 1 aromatic carbocycles. The Labute approximate surface area is 170 Å². The first-order valence-corrected chi connectivity index (χ1v) is 9.78. The molecule has 0 radical (unpaired) electrons. The average molecular weight is 394 g/mol. The Morgan fingerprint density at radius 3 is 2.41 bits per heavy atom. The van der Waals surface area contributed by atoms with Crippen molar-refractivity contribution in [2.24, 2.45) is 0 Å². The summed E-state index contributed by atoms with van der Waals surface area (Å²) in [6, 6.07) is 8.58. The van der Waals surface area contributed by atoms with Gasteiger partial charge in [-0.3, -0.25) is 4.79 Å². The molecule has 7 heteroatoms. The smallest absolute Gasteiger partial charge is 0.338 e. The fourth-order valence-electron chi connectivity index (χ4n) is 3.00. The summed E-state index contributed by atoms with van der Waals surface area (Å²) in [7, 11) is 0. The largest absolute Gasteiger partial charge is 0.462 e. The molecule has 2 heterocycles. The van der Waals surface area contributed by atoms with Gasteiger partial charge in [0.25, 0.3) is 5.91 Å². The first-order valence-electron chi connectivity index (χ1n) is 9.78. The van der Waals surface area contributed by atoms with Crippen LogP contribution in [0.15, 0.2) is 36.5 Å². The number of esters is 1. The number of fused-ring (bicyclic) bond motifs is 1. The molecular formula is C22H26N4O3.